The molecule has 0 spiro atoms. The first-order chi connectivity index (χ1) is 5.55. The maximum absolute atomic E-state index is 12.1. The van der Waals surface area contributed by atoms with Crippen LogP contribution in [0.4, 0.5) is 13.2 Å². The highest BCUT2D eigenvalue weighted by molar-refractivity contribution is 5.38. The number of hydrogen-bond donors (Lipinski definition) is 1. The molecule has 13 heavy (non-hydrogen) atoms. The summed E-state index contributed by atoms with van der Waals surface area (Å²) < 4.78 is 36.2. The molecule has 0 atom stereocenters. The van der Waals surface area contributed by atoms with Crippen LogP contribution >= 0.6 is 0 Å². The van der Waals surface area contributed by atoms with Crippen molar-refractivity contribution in [1.29, 1.82) is 5.26 Å². The highest BCUT2D eigenvalue weighted by Crippen LogP contribution is 2.31. The second-order valence-corrected chi connectivity index (χ2v) is 2.08. The summed E-state index contributed by atoms with van der Waals surface area (Å²) in [5, 5.41) is 8.32. The van der Waals surface area contributed by atoms with Crippen LogP contribution < -0.4 is 6.15 Å². The minimum Gasteiger partial charge on any atom is -0.344 e. The molecular weight excluding hydrogens is 181 g/mol. The van der Waals surface area contributed by atoms with Crippen LogP contribution in [-0.4, -0.2) is 0 Å². The highest BCUT2D eigenvalue weighted by atomic mass is 19.4. The van der Waals surface area contributed by atoms with Crippen LogP contribution in [0.2, 0.25) is 0 Å². The number of rotatable bonds is 0. The number of nitrogens with zero attached hydrogens (tertiary/aromatic N) is 1. The molecule has 0 aromatic heterocycles. The molecule has 0 aliphatic rings. The van der Waals surface area contributed by atoms with E-state index >= 15 is 0 Å². The van der Waals surface area contributed by atoms with Crippen LogP contribution in [0.15, 0.2) is 18.2 Å². The summed E-state index contributed by atoms with van der Waals surface area (Å²) in [7, 11) is 0. The van der Waals surface area contributed by atoms with Crippen molar-refractivity contribution in [2.75, 3.05) is 0 Å². The average molecular weight is 187 g/mol. The van der Waals surface area contributed by atoms with Crippen LogP contribution in [-0.2, 0) is 6.18 Å². The molecule has 1 radical (unpaired) electrons. The van der Waals surface area contributed by atoms with Crippen LogP contribution in [0, 0.1) is 17.4 Å². The van der Waals surface area contributed by atoms with E-state index in [9.17, 15) is 13.2 Å². The Labute approximate surface area is 73.2 Å². The van der Waals surface area contributed by atoms with Gasteiger partial charge in [-0.05, 0) is 18.2 Å². The number of alkyl halides is 3. The largest absolute Gasteiger partial charge is 0.417 e. The predicted octanol–water partition coefficient (Wildman–Crippen LogP) is 2.54. The first-order valence-corrected chi connectivity index (χ1v) is 3.03. The quantitative estimate of drug-likeness (QED) is 0.678. The molecule has 1 aromatic carbocycles. The van der Waals surface area contributed by atoms with E-state index in [-0.39, 0.29) is 11.7 Å². The molecule has 1 aromatic rings. The Morgan fingerprint density at radius 3 is 2.38 bits per heavy atom. The highest BCUT2D eigenvalue weighted by Gasteiger charge is 2.32. The van der Waals surface area contributed by atoms with Gasteiger partial charge in [-0.2, -0.15) is 18.4 Å². The van der Waals surface area contributed by atoms with E-state index in [0.717, 1.165) is 12.1 Å². The fraction of sp³-hybridized carbons (Fsp3) is 0.125. The number of benzene rings is 1. The Balaban J connectivity index is 0.00000144. The second kappa shape index (κ2) is 3.92. The van der Waals surface area contributed by atoms with E-state index in [0.29, 0.717) is 0 Å². The second-order valence-electron chi connectivity index (χ2n) is 2.08. The molecule has 0 aliphatic heterocycles. The lowest BCUT2D eigenvalue weighted by molar-refractivity contribution is -0.137. The maximum atomic E-state index is 12.1. The monoisotopic (exact) mass is 187 g/mol. The van der Waals surface area contributed by atoms with E-state index in [1.807, 2.05) is 0 Å². The molecular formula is C8H6F3N2. The fourth-order valence-corrected chi connectivity index (χ4v) is 0.762. The summed E-state index contributed by atoms with van der Waals surface area (Å²) in [4.78, 5) is 0. The summed E-state index contributed by atoms with van der Waals surface area (Å²) in [6.07, 6.45) is -4.47. The van der Waals surface area contributed by atoms with Crippen molar-refractivity contribution in [2.24, 2.45) is 0 Å². The van der Waals surface area contributed by atoms with Crippen molar-refractivity contribution >= 4 is 0 Å². The normalized spacial score (nSPS) is 10.0. The minimum absolute atomic E-state index is 0. The third-order valence-corrected chi connectivity index (χ3v) is 1.29. The standard InChI is InChI=1S/C8H3F3N.H3N/c9-8(10,11)7-4-2-1-3-6(7)5-12;/h1,3-4H;1H3. The lowest BCUT2D eigenvalue weighted by Gasteiger charge is -2.06. The third kappa shape index (κ3) is 2.46. The van der Waals surface area contributed by atoms with E-state index in [2.05, 4.69) is 6.07 Å². The Kier molecular flexibility index (Phi) is 3.45. The summed E-state index contributed by atoms with van der Waals surface area (Å²) in [6.45, 7) is 0. The zero-order valence-electron chi connectivity index (χ0n) is 6.52. The first kappa shape index (κ1) is 11.5. The van der Waals surface area contributed by atoms with E-state index < -0.39 is 11.7 Å². The molecule has 2 nitrogen and oxygen atoms in total. The van der Waals surface area contributed by atoms with Crippen molar-refractivity contribution in [1.82, 2.24) is 6.15 Å². The van der Waals surface area contributed by atoms with Gasteiger partial charge >= 0.3 is 6.18 Å². The molecule has 0 bridgehead atoms. The van der Waals surface area contributed by atoms with Crippen LogP contribution in [0.25, 0.3) is 0 Å². The maximum Gasteiger partial charge on any atom is 0.417 e. The molecule has 3 N–H and O–H groups in total. The predicted molar refractivity (Wildman–Crippen MR) is 40.0 cm³/mol. The SMILES string of the molecule is N.N#Cc1cc[c]cc1C(F)(F)F. The minimum atomic E-state index is -4.47. The van der Waals surface area contributed by atoms with Gasteiger partial charge in [0, 0.05) is 0 Å². The summed E-state index contributed by atoms with van der Waals surface area (Å²) in [5.41, 5.74) is -1.31. The zero-order valence-corrected chi connectivity index (χ0v) is 6.52. The Morgan fingerprint density at radius 2 is 2.00 bits per heavy atom. The van der Waals surface area contributed by atoms with Gasteiger partial charge in [-0.3, -0.25) is 0 Å². The smallest absolute Gasteiger partial charge is 0.344 e. The zero-order chi connectivity index (χ0) is 9.19. The average Bonchev–Trinajstić information content (AvgIpc) is 2.03. The van der Waals surface area contributed by atoms with E-state index in [4.69, 9.17) is 5.26 Å². The van der Waals surface area contributed by atoms with Gasteiger partial charge in [-0.15, -0.1) is 0 Å². The molecule has 69 valence electrons. The molecule has 0 heterocycles. The van der Waals surface area contributed by atoms with E-state index in [1.54, 1.807) is 0 Å². The van der Waals surface area contributed by atoms with Crippen molar-refractivity contribution in [3.63, 3.8) is 0 Å². The van der Waals surface area contributed by atoms with Crippen molar-refractivity contribution < 1.29 is 13.2 Å². The van der Waals surface area contributed by atoms with Crippen molar-refractivity contribution in [2.45, 2.75) is 6.18 Å². The fourth-order valence-electron chi connectivity index (χ4n) is 0.762. The van der Waals surface area contributed by atoms with Crippen LogP contribution in [0.3, 0.4) is 0 Å². The van der Waals surface area contributed by atoms with Gasteiger partial charge in [0.25, 0.3) is 0 Å². The molecule has 0 amide bonds. The van der Waals surface area contributed by atoms with Gasteiger partial charge in [0.15, 0.2) is 0 Å². The Hall–Kier alpha value is -1.54. The summed E-state index contributed by atoms with van der Waals surface area (Å²) in [5.74, 6) is 0. The first-order valence-electron chi connectivity index (χ1n) is 3.03. The van der Waals surface area contributed by atoms with Gasteiger partial charge in [0.2, 0.25) is 0 Å². The van der Waals surface area contributed by atoms with E-state index in [1.165, 1.54) is 12.1 Å². The van der Waals surface area contributed by atoms with Crippen LogP contribution in [0.1, 0.15) is 11.1 Å². The molecule has 1 rings (SSSR count). The summed E-state index contributed by atoms with van der Waals surface area (Å²) in [6, 6.07) is 6.85. The third-order valence-electron chi connectivity index (χ3n) is 1.29. The van der Waals surface area contributed by atoms with Gasteiger partial charge < -0.3 is 6.15 Å². The van der Waals surface area contributed by atoms with Gasteiger partial charge in [-0.25, -0.2) is 0 Å². The van der Waals surface area contributed by atoms with Gasteiger partial charge in [0.1, 0.15) is 0 Å². The van der Waals surface area contributed by atoms with Gasteiger partial charge in [0.05, 0.1) is 17.2 Å². The molecule has 0 aliphatic carbocycles. The molecule has 0 fully saturated rings. The topological polar surface area (TPSA) is 58.8 Å². The molecule has 5 heteroatoms. The number of halogens is 3. The summed E-state index contributed by atoms with van der Waals surface area (Å²) >= 11 is 0. The number of hydrogen-bond acceptors (Lipinski definition) is 2. The molecule has 0 unspecified atom stereocenters. The Morgan fingerprint density at radius 1 is 1.38 bits per heavy atom. The van der Waals surface area contributed by atoms with Gasteiger partial charge in [-0.1, -0.05) is 6.07 Å². The van der Waals surface area contributed by atoms with Crippen molar-refractivity contribution in [3.05, 3.63) is 35.4 Å². The van der Waals surface area contributed by atoms with Crippen molar-refractivity contribution in [3.8, 4) is 6.07 Å². The van der Waals surface area contributed by atoms with Crippen LogP contribution in [0.5, 0.6) is 0 Å². The number of nitriles is 1. The Bertz CT molecular complexity index is 325. The molecule has 0 saturated carbocycles. The molecule has 0 saturated heterocycles. The lowest BCUT2D eigenvalue weighted by Crippen LogP contribution is -2.07. The lowest BCUT2D eigenvalue weighted by atomic mass is 10.1.